The van der Waals surface area contributed by atoms with E-state index in [4.69, 9.17) is 25.8 Å². The molecule has 0 bridgehead atoms. The zero-order valence-corrected chi connectivity index (χ0v) is 17.9. The fraction of sp³-hybridized carbons (Fsp3) is 0.545. The van der Waals surface area contributed by atoms with Crippen molar-refractivity contribution in [2.24, 2.45) is 0 Å². The van der Waals surface area contributed by atoms with E-state index in [2.05, 4.69) is 13.0 Å². The number of phenols is 2. The van der Waals surface area contributed by atoms with Crippen molar-refractivity contribution < 1.29 is 24.4 Å². The van der Waals surface area contributed by atoms with Gasteiger partial charge in [0.15, 0.2) is 17.8 Å². The zero-order valence-electron chi connectivity index (χ0n) is 17.2. The highest BCUT2D eigenvalue weighted by molar-refractivity contribution is 6.33. The molecule has 1 unspecified atom stereocenters. The Bertz CT molecular complexity index is 733. The quantitative estimate of drug-likeness (QED) is 0.531. The predicted octanol–water partition coefficient (Wildman–Crippen LogP) is 5.44. The second-order valence-corrected chi connectivity index (χ2v) is 7.62. The maximum atomic E-state index is 10.4. The second kappa shape index (κ2) is 10.7. The Morgan fingerprint density at radius 3 is 2.61 bits per heavy atom. The standard InChI is InChI=1S/C22H31ClO5/c1-14(7-5-8-15(2)13-28-18-9-6-12-27-18)10-11-17-20(24)19(23)16(3)22(26-4)21(17)25/h8,10,18,24-25H,5-7,9,11-13H2,1-4H3/b14-10+,15-8+. The molecule has 6 heteroatoms. The van der Waals surface area contributed by atoms with Crippen LogP contribution in [0.5, 0.6) is 17.2 Å². The monoisotopic (exact) mass is 410 g/mol. The van der Waals surface area contributed by atoms with Crippen molar-refractivity contribution in [2.75, 3.05) is 20.3 Å². The van der Waals surface area contributed by atoms with Crippen LogP contribution in [0.15, 0.2) is 23.3 Å². The van der Waals surface area contributed by atoms with E-state index in [1.54, 1.807) is 6.92 Å². The van der Waals surface area contributed by atoms with Gasteiger partial charge in [-0.15, -0.1) is 0 Å². The first-order valence-corrected chi connectivity index (χ1v) is 10.0. The molecule has 1 aliphatic rings. The first-order valence-electron chi connectivity index (χ1n) is 9.66. The first kappa shape index (κ1) is 22.6. The number of rotatable bonds is 9. The lowest BCUT2D eigenvalue weighted by atomic mass is 10.0. The maximum absolute atomic E-state index is 10.4. The number of allylic oxidation sites excluding steroid dienone is 3. The molecule has 1 aliphatic heterocycles. The summed E-state index contributed by atoms with van der Waals surface area (Å²) >= 11 is 6.16. The molecule has 1 heterocycles. The van der Waals surface area contributed by atoms with Gasteiger partial charge in [0.05, 0.1) is 18.7 Å². The SMILES string of the molecule is COc1c(C)c(Cl)c(O)c(C/C=C(\C)CC/C=C(\C)COC2CCCO2)c1O. The summed E-state index contributed by atoms with van der Waals surface area (Å²) in [6.45, 7) is 7.18. The fourth-order valence-electron chi connectivity index (χ4n) is 3.17. The lowest BCUT2D eigenvalue weighted by Crippen LogP contribution is -2.11. The van der Waals surface area contributed by atoms with E-state index in [1.165, 1.54) is 18.3 Å². The zero-order chi connectivity index (χ0) is 20.7. The molecule has 1 fully saturated rings. The molecular formula is C22H31ClO5. The maximum Gasteiger partial charge on any atom is 0.165 e. The largest absolute Gasteiger partial charge is 0.506 e. The third-order valence-corrected chi connectivity index (χ3v) is 5.40. The molecule has 0 aromatic heterocycles. The van der Waals surface area contributed by atoms with Gasteiger partial charge in [0.2, 0.25) is 0 Å². The van der Waals surface area contributed by atoms with E-state index >= 15 is 0 Å². The van der Waals surface area contributed by atoms with Gasteiger partial charge >= 0.3 is 0 Å². The van der Waals surface area contributed by atoms with E-state index in [0.717, 1.165) is 32.3 Å². The Labute approximate surface area is 172 Å². The van der Waals surface area contributed by atoms with Crippen LogP contribution in [-0.4, -0.2) is 36.8 Å². The number of hydrogen-bond acceptors (Lipinski definition) is 5. The molecule has 5 nitrogen and oxygen atoms in total. The topological polar surface area (TPSA) is 68.2 Å². The van der Waals surface area contributed by atoms with E-state index in [0.29, 0.717) is 29.9 Å². The molecule has 0 spiro atoms. The Morgan fingerprint density at radius 2 is 1.96 bits per heavy atom. The Morgan fingerprint density at radius 1 is 1.21 bits per heavy atom. The first-order chi connectivity index (χ1) is 13.3. The van der Waals surface area contributed by atoms with Crippen LogP contribution < -0.4 is 4.74 Å². The van der Waals surface area contributed by atoms with Gasteiger partial charge in [0.25, 0.3) is 0 Å². The van der Waals surface area contributed by atoms with E-state index < -0.39 is 0 Å². The van der Waals surface area contributed by atoms with Gasteiger partial charge in [-0.1, -0.05) is 34.9 Å². The Balaban J connectivity index is 1.90. The number of phenolic OH excluding ortho intramolecular Hbond substituents is 2. The molecular weight excluding hydrogens is 380 g/mol. The van der Waals surface area contributed by atoms with Gasteiger partial charge in [0.1, 0.15) is 5.75 Å². The highest BCUT2D eigenvalue weighted by Gasteiger charge is 2.20. The van der Waals surface area contributed by atoms with Crippen molar-refractivity contribution in [2.45, 2.75) is 59.2 Å². The summed E-state index contributed by atoms with van der Waals surface area (Å²) in [6.07, 6.45) is 8.32. The van der Waals surface area contributed by atoms with Crippen molar-refractivity contribution in [3.05, 3.63) is 39.4 Å². The van der Waals surface area contributed by atoms with Gasteiger partial charge < -0.3 is 24.4 Å². The normalized spacial score (nSPS) is 18.0. The molecule has 28 heavy (non-hydrogen) atoms. The van der Waals surface area contributed by atoms with Gasteiger partial charge in [-0.3, -0.25) is 0 Å². The average molecular weight is 411 g/mol. The number of hydrogen-bond donors (Lipinski definition) is 2. The van der Waals surface area contributed by atoms with Crippen molar-refractivity contribution in [1.29, 1.82) is 0 Å². The van der Waals surface area contributed by atoms with E-state index in [9.17, 15) is 10.2 Å². The van der Waals surface area contributed by atoms with E-state index in [1.807, 2.05) is 13.0 Å². The summed E-state index contributed by atoms with van der Waals surface area (Å²) in [5.41, 5.74) is 3.25. The highest BCUT2D eigenvalue weighted by atomic mass is 35.5. The van der Waals surface area contributed by atoms with Crippen LogP contribution >= 0.6 is 11.6 Å². The molecule has 2 rings (SSSR count). The number of ether oxygens (including phenoxy) is 3. The number of aromatic hydroxyl groups is 2. The van der Waals surface area contributed by atoms with Crippen LogP contribution in [0.2, 0.25) is 5.02 Å². The molecule has 1 aromatic rings. The number of methoxy groups -OCH3 is 1. The van der Waals surface area contributed by atoms with E-state index in [-0.39, 0.29) is 22.8 Å². The number of halogens is 1. The molecule has 0 radical (unpaired) electrons. The molecule has 1 atom stereocenters. The van der Waals surface area contributed by atoms with Crippen LogP contribution in [0.3, 0.4) is 0 Å². The average Bonchev–Trinajstić information content (AvgIpc) is 3.19. The molecule has 0 saturated carbocycles. The molecule has 0 amide bonds. The third-order valence-electron chi connectivity index (χ3n) is 4.94. The third kappa shape index (κ3) is 5.90. The minimum Gasteiger partial charge on any atom is -0.506 e. The number of benzene rings is 1. The van der Waals surface area contributed by atoms with Crippen LogP contribution in [0.25, 0.3) is 0 Å². The molecule has 2 N–H and O–H groups in total. The predicted molar refractivity (Wildman–Crippen MR) is 111 cm³/mol. The van der Waals surface area contributed by atoms with Crippen LogP contribution in [0, 0.1) is 6.92 Å². The summed E-state index contributed by atoms with van der Waals surface area (Å²) in [5, 5.41) is 20.9. The minimum atomic E-state index is -0.0939. The lowest BCUT2D eigenvalue weighted by Gasteiger charge is -2.15. The molecule has 0 aliphatic carbocycles. The van der Waals surface area contributed by atoms with Gasteiger partial charge in [-0.25, -0.2) is 0 Å². The van der Waals surface area contributed by atoms with Crippen molar-refractivity contribution in [3.8, 4) is 17.2 Å². The fourth-order valence-corrected chi connectivity index (χ4v) is 3.37. The minimum absolute atomic E-state index is 0.0522. The van der Waals surface area contributed by atoms with Crippen LogP contribution in [0.1, 0.15) is 50.7 Å². The summed E-state index contributed by atoms with van der Waals surface area (Å²) in [5.74, 6) is 0.144. The van der Waals surface area contributed by atoms with Gasteiger partial charge in [-0.05, 0) is 46.5 Å². The van der Waals surface area contributed by atoms with Gasteiger partial charge in [-0.2, -0.15) is 0 Å². The highest BCUT2D eigenvalue weighted by Crippen LogP contribution is 2.45. The lowest BCUT2D eigenvalue weighted by molar-refractivity contribution is -0.103. The van der Waals surface area contributed by atoms with Crippen molar-refractivity contribution in [3.63, 3.8) is 0 Å². The molecule has 1 saturated heterocycles. The molecule has 1 aromatic carbocycles. The second-order valence-electron chi connectivity index (χ2n) is 7.25. The summed E-state index contributed by atoms with van der Waals surface area (Å²) < 4.78 is 16.4. The Hall–Kier alpha value is -1.69. The van der Waals surface area contributed by atoms with Crippen molar-refractivity contribution >= 4 is 11.6 Å². The smallest absolute Gasteiger partial charge is 0.165 e. The Kier molecular flexibility index (Phi) is 8.67. The molecule has 156 valence electrons. The van der Waals surface area contributed by atoms with Crippen LogP contribution in [0.4, 0.5) is 0 Å². The summed E-state index contributed by atoms with van der Waals surface area (Å²) in [7, 11) is 1.47. The van der Waals surface area contributed by atoms with Gasteiger partial charge in [0, 0.05) is 24.2 Å². The summed E-state index contributed by atoms with van der Waals surface area (Å²) in [4.78, 5) is 0. The van der Waals surface area contributed by atoms with Crippen molar-refractivity contribution in [1.82, 2.24) is 0 Å². The van der Waals surface area contributed by atoms with Crippen LogP contribution in [-0.2, 0) is 15.9 Å². The summed E-state index contributed by atoms with van der Waals surface area (Å²) in [6, 6.07) is 0.